The van der Waals surface area contributed by atoms with Gasteiger partial charge in [-0.1, -0.05) is 68.8 Å². The summed E-state index contributed by atoms with van der Waals surface area (Å²) in [7, 11) is -3.68. The van der Waals surface area contributed by atoms with E-state index in [1.54, 1.807) is 24.3 Å². The zero-order valence-electron chi connectivity index (χ0n) is 13.9. The molecule has 0 atom stereocenters. The first-order valence-corrected chi connectivity index (χ1v) is 8.90. The van der Waals surface area contributed by atoms with Crippen molar-refractivity contribution in [2.24, 2.45) is 10.5 Å². The van der Waals surface area contributed by atoms with Crippen LogP contribution < -0.4 is 4.83 Å². The molecule has 1 N–H and O–H groups in total. The van der Waals surface area contributed by atoms with Crippen LogP contribution in [0.2, 0.25) is 0 Å². The van der Waals surface area contributed by atoms with Crippen molar-refractivity contribution in [3.05, 3.63) is 65.7 Å². The molecular formula is C18H22N2O2S. The van der Waals surface area contributed by atoms with Crippen LogP contribution >= 0.6 is 0 Å². The van der Waals surface area contributed by atoms with E-state index in [1.165, 1.54) is 0 Å². The fraction of sp³-hybridized carbons (Fsp3) is 0.278. The van der Waals surface area contributed by atoms with Crippen LogP contribution in [-0.2, 0) is 10.0 Å². The maximum Gasteiger partial charge on any atom is 0.276 e. The van der Waals surface area contributed by atoms with E-state index in [0.717, 1.165) is 11.1 Å². The molecule has 0 heterocycles. The van der Waals surface area contributed by atoms with E-state index in [1.807, 2.05) is 58.0 Å². The molecule has 0 bridgehead atoms. The molecule has 0 amide bonds. The lowest BCUT2D eigenvalue weighted by Gasteiger charge is -2.21. The number of sulfonamides is 1. The van der Waals surface area contributed by atoms with Crippen molar-refractivity contribution in [2.75, 3.05) is 0 Å². The van der Waals surface area contributed by atoms with Gasteiger partial charge in [-0.2, -0.15) is 18.4 Å². The van der Waals surface area contributed by atoms with E-state index in [-0.39, 0.29) is 10.3 Å². The smallest absolute Gasteiger partial charge is 0.200 e. The number of rotatable bonds is 4. The van der Waals surface area contributed by atoms with Crippen LogP contribution in [0.5, 0.6) is 0 Å². The summed E-state index contributed by atoms with van der Waals surface area (Å²) in [4.78, 5) is 2.56. The first-order valence-electron chi connectivity index (χ1n) is 7.42. The quantitative estimate of drug-likeness (QED) is 0.686. The van der Waals surface area contributed by atoms with Gasteiger partial charge in [0.2, 0.25) is 0 Å². The number of benzene rings is 2. The van der Waals surface area contributed by atoms with Crippen molar-refractivity contribution in [2.45, 2.75) is 32.6 Å². The second-order valence-corrected chi connectivity index (χ2v) is 8.15. The van der Waals surface area contributed by atoms with Gasteiger partial charge in [0, 0.05) is 5.41 Å². The van der Waals surface area contributed by atoms with Crippen LogP contribution in [0.15, 0.2) is 64.6 Å². The van der Waals surface area contributed by atoms with Crippen LogP contribution in [-0.4, -0.2) is 14.1 Å². The normalized spacial score (nSPS) is 13.0. The predicted octanol–water partition coefficient (Wildman–Crippen LogP) is 3.72. The van der Waals surface area contributed by atoms with Gasteiger partial charge >= 0.3 is 0 Å². The molecule has 23 heavy (non-hydrogen) atoms. The van der Waals surface area contributed by atoms with Crippen LogP contribution in [0.25, 0.3) is 0 Å². The van der Waals surface area contributed by atoms with E-state index in [0.29, 0.717) is 5.71 Å². The summed E-state index contributed by atoms with van der Waals surface area (Å²) in [6.07, 6.45) is 0. The number of hydrogen-bond acceptors (Lipinski definition) is 3. The van der Waals surface area contributed by atoms with Gasteiger partial charge in [0.1, 0.15) is 0 Å². The molecule has 2 rings (SSSR count). The number of nitrogens with zero attached hydrogens (tertiary/aromatic N) is 1. The molecule has 4 nitrogen and oxygen atoms in total. The number of aryl methyl sites for hydroxylation is 1. The van der Waals surface area contributed by atoms with E-state index in [2.05, 4.69) is 9.93 Å². The Bertz CT molecular complexity index is 787. The first kappa shape index (κ1) is 17.2. The highest BCUT2D eigenvalue weighted by molar-refractivity contribution is 7.89. The summed E-state index contributed by atoms with van der Waals surface area (Å²) in [6, 6.07) is 16.3. The first-order chi connectivity index (χ1) is 10.7. The SMILES string of the molecule is Cc1ccc(S(=O)(=O)N/N=C(/c2ccccc2)C(C)(C)C)cc1. The van der Waals surface area contributed by atoms with Gasteiger partial charge in [-0.15, -0.1) is 0 Å². The van der Waals surface area contributed by atoms with Crippen molar-refractivity contribution < 1.29 is 8.42 Å². The minimum atomic E-state index is -3.68. The van der Waals surface area contributed by atoms with Crippen LogP contribution in [0, 0.1) is 12.3 Å². The number of nitrogens with one attached hydrogen (secondary N) is 1. The molecule has 0 aliphatic rings. The molecule has 0 fully saturated rings. The fourth-order valence-electron chi connectivity index (χ4n) is 2.14. The molecule has 122 valence electrons. The molecule has 5 heteroatoms. The predicted molar refractivity (Wildman–Crippen MR) is 93.9 cm³/mol. The lowest BCUT2D eigenvalue weighted by Crippen LogP contribution is -2.27. The maximum atomic E-state index is 12.4. The molecular weight excluding hydrogens is 308 g/mol. The highest BCUT2D eigenvalue weighted by atomic mass is 32.2. The summed E-state index contributed by atoms with van der Waals surface area (Å²) in [6.45, 7) is 7.91. The molecule has 0 saturated carbocycles. The van der Waals surface area contributed by atoms with E-state index in [4.69, 9.17) is 0 Å². The molecule has 0 spiro atoms. The van der Waals surface area contributed by atoms with Crippen LogP contribution in [0.1, 0.15) is 31.9 Å². The van der Waals surface area contributed by atoms with Gasteiger partial charge < -0.3 is 0 Å². The maximum absolute atomic E-state index is 12.4. The molecule has 0 aliphatic carbocycles. The van der Waals surface area contributed by atoms with Gasteiger partial charge in [0.15, 0.2) is 0 Å². The molecule has 2 aromatic carbocycles. The molecule has 0 unspecified atom stereocenters. The Hall–Kier alpha value is -2.14. The Balaban J connectivity index is 2.36. The van der Waals surface area contributed by atoms with E-state index >= 15 is 0 Å². The van der Waals surface area contributed by atoms with Crippen molar-refractivity contribution in [1.29, 1.82) is 0 Å². The zero-order chi connectivity index (χ0) is 17.1. The lowest BCUT2D eigenvalue weighted by molar-refractivity contribution is 0.574. The fourth-order valence-corrected chi connectivity index (χ4v) is 2.95. The molecule has 0 aromatic heterocycles. The Labute approximate surface area is 138 Å². The summed E-state index contributed by atoms with van der Waals surface area (Å²) in [5, 5.41) is 4.21. The largest absolute Gasteiger partial charge is 0.276 e. The average Bonchev–Trinajstić information content (AvgIpc) is 2.47. The van der Waals surface area contributed by atoms with Crippen LogP contribution in [0.3, 0.4) is 0 Å². The monoisotopic (exact) mass is 330 g/mol. The van der Waals surface area contributed by atoms with E-state index in [9.17, 15) is 8.42 Å². The second kappa shape index (κ2) is 6.54. The van der Waals surface area contributed by atoms with Gasteiger partial charge in [-0.25, -0.2) is 0 Å². The Morgan fingerprint density at radius 2 is 1.52 bits per heavy atom. The molecule has 2 aromatic rings. The second-order valence-electron chi connectivity index (χ2n) is 6.48. The topological polar surface area (TPSA) is 58.5 Å². The number of hydrazone groups is 1. The summed E-state index contributed by atoms with van der Waals surface area (Å²) < 4.78 is 24.8. The average molecular weight is 330 g/mol. The van der Waals surface area contributed by atoms with E-state index < -0.39 is 10.0 Å². The zero-order valence-corrected chi connectivity index (χ0v) is 14.7. The Kier molecular flexibility index (Phi) is 4.90. The minimum absolute atomic E-state index is 0.202. The lowest BCUT2D eigenvalue weighted by atomic mass is 9.86. The Morgan fingerprint density at radius 1 is 0.957 bits per heavy atom. The highest BCUT2D eigenvalue weighted by Crippen LogP contribution is 2.22. The third-order valence-electron chi connectivity index (χ3n) is 3.37. The van der Waals surface area contributed by atoms with Crippen molar-refractivity contribution in [3.63, 3.8) is 0 Å². The van der Waals surface area contributed by atoms with Crippen molar-refractivity contribution in [1.82, 2.24) is 4.83 Å². The summed E-state index contributed by atoms with van der Waals surface area (Å²) in [5.74, 6) is 0. The summed E-state index contributed by atoms with van der Waals surface area (Å²) >= 11 is 0. The summed E-state index contributed by atoms with van der Waals surface area (Å²) in [5.41, 5.74) is 2.30. The van der Waals surface area contributed by atoms with Gasteiger partial charge in [-0.3, -0.25) is 0 Å². The number of hydrogen-bond donors (Lipinski definition) is 1. The molecule has 0 radical (unpaired) electrons. The standard InChI is InChI=1S/C18H22N2O2S/c1-14-10-12-16(13-11-14)23(21,22)20-19-17(18(2,3)4)15-8-6-5-7-9-15/h5-13,20H,1-4H3/b19-17-. The van der Waals surface area contributed by atoms with Gasteiger partial charge in [0.25, 0.3) is 10.0 Å². The van der Waals surface area contributed by atoms with Gasteiger partial charge in [0.05, 0.1) is 10.6 Å². The van der Waals surface area contributed by atoms with Crippen molar-refractivity contribution in [3.8, 4) is 0 Å². The van der Waals surface area contributed by atoms with Crippen LogP contribution in [0.4, 0.5) is 0 Å². The van der Waals surface area contributed by atoms with Crippen molar-refractivity contribution >= 4 is 15.7 Å². The minimum Gasteiger partial charge on any atom is -0.200 e. The highest BCUT2D eigenvalue weighted by Gasteiger charge is 2.22. The third kappa shape index (κ3) is 4.42. The Morgan fingerprint density at radius 3 is 2.04 bits per heavy atom. The molecule has 0 aliphatic heterocycles. The molecule has 0 saturated heterocycles. The third-order valence-corrected chi connectivity index (χ3v) is 4.59. The van der Waals surface area contributed by atoms with Gasteiger partial charge in [-0.05, 0) is 24.6 Å².